The molecule has 0 aliphatic rings. The number of rotatable bonds is 5. The van der Waals surface area contributed by atoms with E-state index in [1.807, 2.05) is 0 Å². The number of hydrogen-bond acceptors (Lipinski definition) is 4. The molecular formula is C13H14F3N3O2S. The molecule has 1 N–H and O–H groups in total. The maximum absolute atomic E-state index is 12.4. The average molecular weight is 333 g/mol. The van der Waals surface area contributed by atoms with Crippen LogP contribution in [0.3, 0.4) is 0 Å². The van der Waals surface area contributed by atoms with E-state index < -0.39 is 28.6 Å². The Kier molecular flexibility index (Phi) is 4.97. The summed E-state index contributed by atoms with van der Waals surface area (Å²) in [5.74, 6) is 0. The molecule has 2 aromatic rings. The standard InChI is InChI=1S/C13H14F3N3O2S/c1-22(21)12-17-8-19(18-12)7-11(20)6-9-2-4-10(5-3-9)13(14,15)16/h2-5,8,11,20H,6-7H2,1H3/t11-,22+/m1/s1. The number of aromatic nitrogens is 3. The zero-order chi connectivity index (χ0) is 16.3. The van der Waals surface area contributed by atoms with Crippen LogP contribution in [0.1, 0.15) is 11.1 Å². The minimum atomic E-state index is -4.37. The number of hydrogen-bond donors (Lipinski definition) is 1. The molecule has 1 heterocycles. The maximum atomic E-state index is 12.4. The van der Waals surface area contributed by atoms with E-state index in [2.05, 4.69) is 10.1 Å². The normalized spacial score (nSPS) is 14.8. The third kappa shape index (κ3) is 4.38. The van der Waals surface area contributed by atoms with Gasteiger partial charge in [-0.2, -0.15) is 13.2 Å². The fourth-order valence-corrected chi connectivity index (χ4v) is 2.30. The number of aliphatic hydroxyl groups excluding tert-OH is 1. The van der Waals surface area contributed by atoms with Gasteiger partial charge >= 0.3 is 6.18 Å². The second-order valence-corrected chi connectivity index (χ2v) is 6.03. The molecule has 0 bridgehead atoms. The predicted octanol–water partition coefficient (Wildman–Crippen LogP) is 1.64. The number of halogens is 3. The molecule has 0 saturated heterocycles. The van der Waals surface area contributed by atoms with Gasteiger partial charge in [-0.25, -0.2) is 9.67 Å². The van der Waals surface area contributed by atoms with E-state index in [9.17, 15) is 22.5 Å². The number of alkyl halides is 3. The predicted molar refractivity (Wildman–Crippen MR) is 73.5 cm³/mol. The van der Waals surface area contributed by atoms with Gasteiger partial charge in [0, 0.05) is 12.7 Å². The summed E-state index contributed by atoms with van der Waals surface area (Å²) in [4.78, 5) is 3.83. The van der Waals surface area contributed by atoms with Gasteiger partial charge in [0.25, 0.3) is 0 Å². The van der Waals surface area contributed by atoms with Crippen LogP contribution in [-0.4, -0.2) is 36.4 Å². The highest BCUT2D eigenvalue weighted by Crippen LogP contribution is 2.29. The first-order valence-corrected chi connectivity index (χ1v) is 7.88. The minimum Gasteiger partial charge on any atom is -0.391 e. The van der Waals surface area contributed by atoms with E-state index >= 15 is 0 Å². The van der Waals surface area contributed by atoms with Gasteiger partial charge in [0.05, 0.1) is 29.0 Å². The van der Waals surface area contributed by atoms with Gasteiger partial charge < -0.3 is 5.11 Å². The summed E-state index contributed by atoms with van der Waals surface area (Å²) in [6, 6.07) is 4.63. The highest BCUT2D eigenvalue weighted by molar-refractivity contribution is 7.84. The van der Waals surface area contributed by atoms with Crippen LogP contribution in [0.4, 0.5) is 13.2 Å². The Morgan fingerprint density at radius 1 is 1.32 bits per heavy atom. The van der Waals surface area contributed by atoms with Crippen LogP contribution in [0.25, 0.3) is 0 Å². The van der Waals surface area contributed by atoms with Gasteiger partial charge in [0.1, 0.15) is 6.33 Å². The van der Waals surface area contributed by atoms with E-state index in [4.69, 9.17) is 0 Å². The molecule has 0 fully saturated rings. The Hall–Kier alpha value is -1.74. The molecule has 0 aliphatic heterocycles. The van der Waals surface area contributed by atoms with E-state index in [1.54, 1.807) is 0 Å². The zero-order valence-electron chi connectivity index (χ0n) is 11.6. The summed E-state index contributed by atoms with van der Waals surface area (Å²) in [7, 11) is -1.30. The number of nitrogens with zero attached hydrogens (tertiary/aromatic N) is 3. The highest BCUT2D eigenvalue weighted by atomic mass is 32.2. The second-order valence-electron chi connectivity index (χ2n) is 4.76. The molecule has 1 aromatic carbocycles. The zero-order valence-corrected chi connectivity index (χ0v) is 12.4. The summed E-state index contributed by atoms with van der Waals surface area (Å²) < 4.78 is 49.9. The van der Waals surface area contributed by atoms with Crippen LogP contribution >= 0.6 is 0 Å². The first kappa shape index (κ1) is 16.6. The van der Waals surface area contributed by atoms with Crippen molar-refractivity contribution in [1.82, 2.24) is 14.8 Å². The van der Waals surface area contributed by atoms with Crippen molar-refractivity contribution in [2.75, 3.05) is 6.26 Å². The lowest BCUT2D eigenvalue weighted by Crippen LogP contribution is -2.19. The van der Waals surface area contributed by atoms with Gasteiger partial charge in [-0.15, -0.1) is 5.10 Å². The molecule has 2 rings (SSSR count). The molecular weight excluding hydrogens is 319 g/mol. The smallest absolute Gasteiger partial charge is 0.391 e. The third-order valence-corrected chi connectivity index (χ3v) is 3.62. The summed E-state index contributed by atoms with van der Waals surface area (Å²) in [6.07, 6.45) is -2.23. The third-order valence-electron chi connectivity index (χ3n) is 2.92. The van der Waals surface area contributed by atoms with Crippen molar-refractivity contribution in [2.24, 2.45) is 0 Å². The molecule has 9 heteroatoms. The molecule has 120 valence electrons. The fraction of sp³-hybridized carbons (Fsp3) is 0.385. The van der Waals surface area contributed by atoms with Crippen LogP contribution in [0, 0.1) is 0 Å². The van der Waals surface area contributed by atoms with E-state index in [1.165, 1.54) is 29.4 Å². The lowest BCUT2D eigenvalue weighted by atomic mass is 10.1. The monoisotopic (exact) mass is 333 g/mol. The molecule has 5 nitrogen and oxygen atoms in total. The Labute approximate surface area is 127 Å². The molecule has 1 aromatic heterocycles. The van der Waals surface area contributed by atoms with Crippen LogP contribution in [0.15, 0.2) is 35.7 Å². The van der Waals surface area contributed by atoms with Gasteiger partial charge in [-0.1, -0.05) is 12.1 Å². The molecule has 22 heavy (non-hydrogen) atoms. The van der Waals surface area contributed by atoms with E-state index in [0.29, 0.717) is 5.56 Å². The largest absolute Gasteiger partial charge is 0.416 e. The van der Waals surface area contributed by atoms with Crippen molar-refractivity contribution < 1.29 is 22.5 Å². The van der Waals surface area contributed by atoms with E-state index in [0.717, 1.165) is 12.1 Å². The summed E-state index contributed by atoms with van der Waals surface area (Å²) in [5.41, 5.74) is -0.142. The Morgan fingerprint density at radius 3 is 2.45 bits per heavy atom. The SMILES string of the molecule is C[S@](=O)c1ncn(C[C@H](O)Cc2ccc(C(F)(F)F)cc2)n1. The van der Waals surface area contributed by atoms with Crippen molar-refractivity contribution in [3.63, 3.8) is 0 Å². The maximum Gasteiger partial charge on any atom is 0.416 e. The van der Waals surface area contributed by atoms with Gasteiger partial charge in [0.15, 0.2) is 0 Å². The second kappa shape index (κ2) is 6.57. The van der Waals surface area contributed by atoms with Gasteiger partial charge in [0.2, 0.25) is 5.16 Å². The Bertz CT molecular complexity index is 655. The average Bonchev–Trinajstić information content (AvgIpc) is 2.86. The van der Waals surface area contributed by atoms with Crippen molar-refractivity contribution in [2.45, 2.75) is 30.4 Å². The van der Waals surface area contributed by atoms with Crippen molar-refractivity contribution in [3.8, 4) is 0 Å². The Morgan fingerprint density at radius 2 is 1.95 bits per heavy atom. The van der Waals surface area contributed by atoms with Crippen LogP contribution < -0.4 is 0 Å². The molecule has 0 spiro atoms. The quantitative estimate of drug-likeness (QED) is 0.903. The van der Waals surface area contributed by atoms with Crippen molar-refractivity contribution in [3.05, 3.63) is 41.7 Å². The summed E-state index contributed by atoms with van der Waals surface area (Å²) in [6.45, 7) is 0.116. The van der Waals surface area contributed by atoms with Crippen molar-refractivity contribution in [1.29, 1.82) is 0 Å². The number of aliphatic hydroxyl groups is 1. The van der Waals surface area contributed by atoms with Crippen molar-refractivity contribution >= 4 is 10.8 Å². The van der Waals surface area contributed by atoms with Crippen LogP contribution in [-0.2, 0) is 29.9 Å². The number of benzene rings is 1. The molecule has 0 aliphatic carbocycles. The molecule has 0 saturated carbocycles. The molecule has 0 amide bonds. The lowest BCUT2D eigenvalue weighted by molar-refractivity contribution is -0.137. The Balaban J connectivity index is 1.96. The van der Waals surface area contributed by atoms with Gasteiger partial charge in [-0.3, -0.25) is 4.21 Å². The molecule has 0 unspecified atom stereocenters. The first-order valence-electron chi connectivity index (χ1n) is 6.33. The molecule has 0 radical (unpaired) electrons. The fourth-order valence-electron chi connectivity index (χ4n) is 1.88. The van der Waals surface area contributed by atoms with Gasteiger partial charge in [-0.05, 0) is 17.7 Å². The topological polar surface area (TPSA) is 68.0 Å². The van der Waals surface area contributed by atoms with E-state index in [-0.39, 0.29) is 18.1 Å². The molecule has 2 atom stereocenters. The highest BCUT2D eigenvalue weighted by Gasteiger charge is 2.29. The minimum absolute atomic E-state index is 0.116. The summed E-state index contributed by atoms with van der Waals surface area (Å²) in [5, 5.41) is 14.0. The van der Waals surface area contributed by atoms with Crippen LogP contribution in [0.2, 0.25) is 0 Å². The first-order chi connectivity index (χ1) is 10.3. The summed E-state index contributed by atoms with van der Waals surface area (Å²) >= 11 is 0. The lowest BCUT2D eigenvalue weighted by Gasteiger charge is -2.11. The van der Waals surface area contributed by atoms with Crippen LogP contribution in [0.5, 0.6) is 0 Å².